The minimum atomic E-state index is 0.190. The third-order valence-corrected chi connectivity index (χ3v) is 3.06. The third kappa shape index (κ3) is 2.92. The van der Waals surface area contributed by atoms with Crippen molar-refractivity contribution >= 4 is 0 Å². The first-order valence-electron chi connectivity index (χ1n) is 5.27. The van der Waals surface area contributed by atoms with Crippen molar-refractivity contribution in [3.8, 4) is 0 Å². The van der Waals surface area contributed by atoms with Crippen LogP contribution in [0.15, 0.2) is 0 Å². The molecule has 3 atom stereocenters. The van der Waals surface area contributed by atoms with Gasteiger partial charge in [-0.3, -0.25) is 4.90 Å². The van der Waals surface area contributed by atoms with Gasteiger partial charge in [0.05, 0.1) is 18.8 Å². The lowest BCUT2D eigenvalue weighted by molar-refractivity contribution is -0.0605. The van der Waals surface area contributed by atoms with Crippen LogP contribution in [-0.2, 0) is 9.47 Å². The van der Waals surface area contributed by atoms with Crippen LogP contribution in [0.25, 0.3) is 0 Å². The van der Waals surface area contributed by atoms with E-state index in [-0.39, 0.29) is 12.2 Å². The highest BCUT2D eigenvalue weighted by atomic mass is 16.5. The largest absolute Gasteiger partial charge is 0.380 e. The molecule has 0 aromatic carbocycles. The Morgan fingerprint density at radius 3 is 2.86 bits per heavy atom. The molecule has 2 N–H and O–H groups in total. The summed E-state index contributed by atoms with van der Waals surface area (Å²) >= 11 is 0. The number of methoxy groups -OCH3 is 1. The number of rotatable bonds is 4. The van der Waals surface area contributed by atoms with E-state index in [0.29, 0.717) is 12.6 Å². The summed E-state index contributed by atoms with van der Waals surface area (Å²) in [5.74, 6) is 0. The first-order chi connectivity index (χ1) is 6.69. The average molecular weight is 202 g/mol. The number of hydrogen-bond donors (Lipinski definition) is 1. The zero-order chi connectivity index (χ0) is 10.6. The normalized spacial score (nSPS) is 28.7. The Morgan fingerprint density at radius 2 is 2.29 bits per heavy atom. The molecule has 0 bridgehead atoms. The Labute approximate surface area is 86.3 Å². The fraction of sp³-hybridized carbons (Fsp3) is 1.00. The fourth-order valence-electron chi connectivity index (χ4n) is 1.75. The number of morpholine rings is 1. The van der Waals surface area contributed by atoms with Gasteiger partial charge in [-0.25, -0.2) is 0 Å². The second-order valence-electron chi connectivity index (χ2n) is 3.90. The van der Waals surface area contributed by atoms with E-state index < -0.39 is 0 Å². The lowest BCUT2D eigenvalue weighted by Crippen LogP contribution is -2.52. The summed E-state index contributed by atoms with van der Waals surface area (Å²) in [5, 5.41) is 0. The van der Waals surface area contributed by atoms with Crippen LogP contribution in [0.1, 0.15) is 13.8 Å². The van der Waals surface area contributed by atoms with Gasteiger partial charge in [-0.2, -0.15) is 0 Å². The summed E-state index contributed by atoms with van der Waals surface area (Å²) in [6.45, 7) is 7.56. The van der Waals surface area contributed by atoms with E-state index in [1.54, 1.807) is 7.11 Å². The van der Waals surface area contributed by atoms with Crippen molar-refractivity contribution in [2.24, 2.45) is 5.73 Å². The monoisotopic (exact) mass is 202 g/mol. The standard InChI is InChI=1S/C10H22N2O2/c1-8(9(2)13-3)12-4-5-14-10(6-11)7-12/h8-10H,4-7,11H2,1-3H3. The molecular weight excluding hydrogens is 180 g/mol. The molecule has 4 nitrogen and oxygen atoms in total. The van der Waals surface area contributed by atoms with Crippen LogP contribution in [0.2, 0.25) is 0 Å². The van der Waals surface area contributed by atoms with Crippen molar-refractivity contribution in [2.45, 2.75) is 32.1 Å². The number of nitrogens with zero attached hydrogens (tertiary/aromatic N) is 1. The second-order valence-corrected chi connectivity index (χ2v) is 3.90. The maximum absolute atomic E-state index is 5.59. The van der Waals surface area contributed by atoms with Crippen molar-refractivity contribution in [1.29, 1.82) is 0 Å². The van der Waals surface area contributed by atoms with E-state index in [1.807, 2.05) is 0 Å². The van der Waals surface area contributed by atoms with Crippen LogP contribution in [-0.4, -0.2) is 56.5 Å². The maximum Gasteiger partial charge on any atom is 0.0824 e. The van der Waals surface area contributed by atoms with E-state index in [2.05, 4.69) is 18.7 Å². The van der Waals surface area contributed by atoms with Crippen LogP contribution < -0.4 is 5.73 Å². The van der Waals surface area contributed by atoms with Crippen LogP contribution in [0.3, 0.4) is 0 Å². The molecule has 0 radical (unpaired) electrons. The van der Waals surface area contributed by atoms with E-state index in [1.165, 1.54) is 0 Å². The zero-order valence-corrected chi connectivity index (χ0v) is 9.40. The molecule has 0 aliphatic carbocycles. The summed E-state index contributed by atoms with van der Waals surface area (Å²) in [5.41, 5.74) is 5.59. The van der Waals surface area contributed by atoms with E-state index >= 15 is 0 Å². The lowest BCUT2D eigenvalue weighted by Gasteiger charge is -2.38. The molecule has 0 aromatic heterocycles. The predicted molar refractivity (Wildman–Crippen MR) is 56.3 cm³/mol. The maximum atomic E-state index is 5.59. The third-order valence-electron chi connectivity index (χ3n) is 3.06. The van der Waals surface area contributed by atoms with E-state index in [9.17, 15) is 0 Å². The van der Waals surface area contributed by atoms with Gasteiger partial charge in [0.2, 0.25) is 0 Å². The number of nitrogens with two attached hydrogens (primary N) is 1. The first kappa shape index (κ1) is 11.9. The molecule has 0 saturated carbocycles. The second kappa shape index (κ2) is 5.66. The molecular formula is C10H22N2O2. The molecule has 1 aliphatic rings. The molecule has 1 saturated heterocycles. The van der Waals surface area contributed by atoms with Crippen LogP contribution in [0, 0.1) is 0 Å². The molecule has 14 heavy (non-hydrogen) atoms. The Balaban J connectivity index is 2.42. The summed E-state index contributed by atoms with van der Waals surface area (Å²) in [4.78, 5) is 2.38. The van der Waals surface area contributed by atoms with Gasteiger partial charge < -0.3 is 15.2 Å². The van der Waals surface area contributed by atoms with Gasteiger partial charge in [-0.1, -0.05) is 0 Å². The molecule has 3 unspecified atom stereocenters. The SMILES string of the molecule is COC(C)C(C)N1CCOC(CN)C1. The molecule has 1 fully saturated rings. The van der Waals surface area contributed by atoms with Gasteiger partial charge >= 0.3 is 0 Å². The molecule has 0 amide bonds. The van der Waals surface area contributed by atoms with Crippen molar-refractivity contribution in [1.82, 2.24) is 4.90 Å². The topological polar surface area (TPSA) is 47.7 Å². The highest BCUT2D eigenvalue weighted by molar-refractivity contribution is 4.79. The fourth-order valence-corrected chi connectivity index (χ4v) is 1.75. The average Bonchev–Trinajstić information content (AvgIpc) is 2.27. The Bertz CT molecular complexity index is 164. The molecule has 1 aliphatic heterocycles. The molecule has 0 spiro atoms. The Kier molecular flexibility index (Phi) is 4.81. The smallest absolute Gasteiger partial charge is 0.0824 e. The van der Waals surface area contributed by atoms with Gasteiger partial charge in [0.1, 0.15) is 0 Å². The summed E-state index contributed by atoms with van der Waals surface area (Å²) in [7, 11) is 1.75. The zero-order valence-electron chi connectivity index (χ0n) is 9.40. The van der Waals surface area contributed by atoms with E-state index in [0.717, 1.165) is 19.7 Å². The van der Waals surface area contributed by atoms with Crippen molar-refractivity contribution in [2.75, 3.05) is 33.4 Å². The van der Waals surface area contributed by atoms with Crippen LogP contribution in [0.4, 0.5) is 0 Å². The molecule has 0 aromatic rings. The quantitative estimate of drug-likeness (QED) is 0.701. The van der Waals surface area contributed by atoms with Gasteiger partial charge in [0.25, 0.3) is 0 Å². The van der Waals surface area contributed by atoms with Crippen LogP contribution in [0.5, 0.6) is 0 Å². The predicted octanol–water partition coefficient (Wildman–Crippen LogP) is 0.0693. The molecule has 84 valence electrons. The highest BCUT2D eigenvalue weighted by Gasteiger charge is 2.26. The minimum Gasteiger partial charge on any atom is -0.380 e. The molecule has 1 heterocycles. The number of hydrogen-bond acceptors (Lipinski definition) is 4. The minimum absolute atomic E-state index is 0.190. The van der Waals surface area contributed by atoms with Gasteiger partial charge in [-0.15, -0.1) is 0 Å². The van der Waals surface area contributed by atoms with Crippen molar-refractivity contribution < 1.29 is 9.47 Å². The van der Waals surface area contributed by atoms with Gasteiger partial charge in [0.15, 0.2) is 0 Å². The molecule has 1 rings (SSSR count). The summed E-state index contributed by atoms with van der Waals surface area (Å²) in [6.07, 6.45) is 0.446. The Hall–Kier alpha value is -0.160. The van der Waals surface area contributed by atoms with Crippen molar-refractivity contribution in [3.05, 3.63) is 0 Å². The van der Waals surface area contributed by atoms with E-state index in [4.69, 9.17) is 15.2 Å². The lowest BCUT2D eigenvalue weighted by atomic mass is 10.1. The van der Waals surface area contributed by atoms with Crippen LogP contribution >= 0.6 is 0 Å². The Morgan fingerprint density at radius 1 is 1.57 bits per heavy atom. The highest BCUT2D eigenvalue weighted by Crippen LogP contribution is 2.12. The first-order valence-corrected chi connectivity index (χ1v) is 5.27. The summed E-state index contributed by atoms with van der Waals surface area (Å²) in [6, 6.07) is 0.429. The van der Waals surface area contributed by atoms with Gasteiger partial charge in [0, 0.05) is 32.8 Å². The summed E-state index contributed by atoms with van der Waals surface area (Å²) < 4.78 is 10.8. The van der Waals surface area contributed by atoms with Crippen molar-refractivity contribution in [3.63, 3.8) is 0 Å². The van der Waals surface area contributed by atoms with Gasteiger partial charge in [-0.05, 0) is 13.8 Å². The molecule has 4 heteroatoms. The number of ether oxygens (including phenoxy) is 2.